The number of aliphatic hydroxyl groups excluding tert-OH is 1. The fraction of sp³-hybridized carbons (Fsp3) is 1.00. The molecule has 0 saturated heterocycles. The van der Waals surface area contributed by atoms with Crippen LogP contribution in [0.5, 0.6) is 0 Å². The highest BCUT2D eigenvalue weighted by molar-refractivity contribution is 5.04. The zero-order chi connectivity index (χ0) is 6.36. The molecule has 2 heteroatoms. The average Bonchev–Trinajstić information content (AvgIpc) is 2.17. The Morgan fingerprint density at radius 2 is 2.25 bits per heavy atom. The van der Waals surface area contributed by atoms with Gasteiger partial charge in [-0.25, -0.2) is 4.39 Å². The van der Waals surface area contributed by atoms with E-state index in [1.165, 1.54) is 6.92 Å². The maximum Gasteiger partial charge on any atom is 0.139 e. The zero-order valence-electron chi connectivity index (χ0n) is 5.19. The fourth-order valence-corrected chi connectivity index (χ4v) is 0.993. The van der Waals surface area contributed by atoms with E-state index < -0.39 is 11.8 Å². The van der Waals surface area contributed by atoms with Gasteiger partial charge in [0.15, 0.2) is 0 Å². The van der Waals surface area contributed by atoms with Gasteiger partial charge in [0.1, 0.15) is 5.67 Å². The zero-order valence-corrected chi connectivity index (χ0v) is 5.19. The lowest BCUT2D eigenvalue weighted by Crippen LogP contribution is -2.20. The Kier molecular flexibility index (Phi) is 1.08. The summed E-state index contributed by atoms with van der Waals surface area (Å²) in [5.41, 5.74) is -1.24. The van der Waals surface area contributed by atoms with E-state index in [1.54, 1.807) is 0 Å². The quantitative estimate of drug-likeness (QED) is 0.547. The molecule has 0 spiro atoms. The first kappa shape index (κ1) is 6.02. The number of rotatable bonds is 1. The Balaban J connectivity index is 2.47. The van der Waals surface area contributed by atoms with Gasteiger partial charge in [0.2, 0.25) is 0 Å². The number of halogens is 1. The highest BCUT2D eigenvalue weighted by atomic mass is 19.1. The topological polar surface area (TPSA) is 20.2 Å². The Hall–Kier alpha value is -0.110. The van der Waals surface area contributed by atoms with Crippen LogP contribution in [0, 0.1) is 5.92 Å². The van der Waals surface area contributed by atoms with Crippen molar-refractivity contribution in [2.45, 2.75) is 32.0 Å². The van der Waals surface area contributed by atoms with Crippen molar-refractivity contribution in [1.82, 2.24) is 0 Å². The molecule has 1 rings (SSSR count). The third-order valence-electron chi connectivity index (χ3n) is 1.97. The first-order valence-corrected chi connectivity index (χ1v) is 2.94. The number of alkyl halides is 1. The molecule has 0 aromatic carbocycles. The predicted molar refractivity (Wildman–Crippen MR) is 29.3 cm³/mol. The lowest BCUT2D eigenvalue weighted by Gasteiger charge is -2.07. The number of hydrogen-bond donors (Lipinski definition) is 1. The van der Waals surface area contributed by atoms with Gasteiger partial charge in [-0.15, -0.1) is 0 Å². The second kappa shape index (κ2) is 1.44. The minimum Gasteiger partial charge on any atom is -0.390 e. The molecule has 0 radical (unpaired) electrons. The van der Waals surface area contributed by atoms with Crippen molar-refractivity contribution in [3.63, 3.8) is 0 Å². The summed E-state index contributed by atoms with van der Waals surface area (Å²) in [6.45, 7) is 3.32. The van der Waals surface area contributed by atoms with Crippen LogP contribution in [-0.4, -0.2) is 16.9 Å². The van der Waals surface area contributed by atoms with Crippen LogP contribution in [0.1, 0.15) is 20.3 Å². The Labute approximate surface area is 48.5 Å². The molecule has 0 aliphatic heterocycles. The Morgan fingerprint density at radius 1 is 1.88 bits per heavy atom. The molecule has 1 aliphatic rings. The van der Waals surface area contributed by atoms with Crippen molar-refractivity contribution in [3.05, 3.63) is 0 Å². The van der Waals surface area contributed by atoms with Gasteiger partial charge < -0.3 is 5.11 Å². The SMILES string of the molecule is CC(O)C1(F)CC1C. The monoisotopic (exact) mass is 118 g/mol. The summed E-state index contributed by atoms with van der Waals surface area (Å²) in [6, 6.07) is 0. The van der Waals surface area contributed by atoms with Crippen molar-refractivity contribution in [2.24, 2.45) is 5.92 Å². The predicted octanol–water partition coefficient (Wildman–Crippen LogP) is 1.12. The van der Waals surface area contributed by atoms with Crippen molar-refractivity contribution in [1.29, 1.82) is 0 Å². The van der Waals surface area contributed by atoms with Gasteiger partial charge in [0, 0.05) is 0 Å². The smallest absolute Gasteiger partial charge is 0.139 e. The second-order valence-corrected chi connectivity index (χ2v) is 2.71. The summed E-state index contributed by atoms with van der Waals surface area (Å²) in [7, 11) is 0. The van der Waals surface area contributed by atoms with Crippen LogP contribution in [0.3, 0.4) is 0 Å². The van der Waals surface area contributed by atoms with E-state index in [0.29, 0.717) is 6.42 Å². The van der Waals surface area contributed by atoms with E-state index in [0.717, 1.165) is 0 Å². The third kappa shape index (κ3) is 0.635. The highest BCUT2D eigenvalue weighted by Crippen LogP contribution is 2.49. The van der Waals surface area contributed by atoms with Gasteiger partial charge >= 0.3 is 0 Å². The molecule has 48 valence electrons. The lowest BCUT2D eigenvalue weighted by atomic mass is 10.2. The summed E-state index contributed by atoms with van der Waals surface area (Å²) >= 11 is 0. The molecule has 1 N–H and O–H groups in total. The molecular weight excluding hydrogens is 107 g/mol. The summed E-state index contributed by atoms with van der Waals surface area (Å²) in [4.78, 5) is 0. The Bertz CT molecular complexity index is 103. The second-order valence-electron chi connectivity index (χ2n) is 2.71. The molecule has 1 nitrogen and oxygen atoms in total. The van der Waals surface area contributed by atoms with Crippen molar-refractivity contribution >= 4 is 0 Å². The van der Waals surface area contributed by atoms with Gasteiger partial charge in [-0.2, -0.15) is 0 Å². The van der Waals surface area contributed by atoms with Gasteiger partial charge in [-0.05, 0) is 19.3 Å². The van der Waals surface area contributed by atoms with Crippen molar-refractivity contribution in [3.8, 4) is 0 Å². The molecule has 0 aromatic rings. The van der Waals surface area contributed by atoms with E-state index in [4.69, 9.17) is 5.11 Å². The Morgan fingerprint density at radius 3 is 2.25 bits per heavy atom. The first-order valence-electron chi connectivity index (χ1n) is 2.94. The molecule has 8 heavy (non-hydrogen) atoms. The minimum absolute atomic E-state index is 0.0718. The summed E-state index contributed by atoms with van der Waals surface area (Å²) < 4.78 is 12.8. The maximum absolute atomic E-state index is 12.8. The molecule has 0 aromatic heterocycles. The number of aliphatic hydroxyl groups is 1. The highest BCUT2D eigenvalue weighted by Gasteiger charge is 2.55. The first-order chi connectivity index (χ1) is 3.57. The van der Waals surface area contributed by atoms with Crippen molar-refractivity contribution < 1.29 is 9.50 Å². The van der Waals surface area contributed by atoms with Crippen molar-refractivity contribution in [2.75, 3.05) is 0 Å². The summed E-state index contributed by atoms with van der Waals surface area (Å²) in [5.74, 6) is 0.0718. The van der Waals surface area contributed by atoms with Gasteiger partial charge in [0.25, 0.3) is 0 Å². The van der Waals surface area contributed by atoms with E-state index in [2.05, 4.69) is 0 Å². The van der Waals surface area contributed by atoms with E-state index >= 15 is 0 Å². The minimum atomic E-state index is -1.24. The van der Waals surface area contributed by atoms with Gasteiger partial charge in [-0.3, -0.25) is 0 Å². The van der Waals surface area contributed by atoms with Gasteiger partial charge in [-0.1, -0.05) is 6.92 Å². The van der Waals surface area contributed by atoms with E-state index in [9.17, 15) is 4.39 Å². The fourth-order valence-electron chi connectivity index (χ4n) is 0.993. The van der Waals surface area contributed by atoms with Crippen LogP contribution in [0.15, 0.2) is 0 Å². The molecular formula is C6H11FO. The van der Waals surface area contributed by atoms with E-state index in [-0.39, 0.29) is 5.92 Å². The van der Waals surface area contributed by atoms with E-state index in [1.807, 2.05) is 6.92 Å². The van der Waals surface area contributed by atoms with Crippen LogP contribution in [-0.2, 0) is 0 Å². The lowest BCUT2D eigenvalue weighted by molar-refractivity contribution is 0.0668. The molecule has 0 bridgehead atoms. The summed E-state index contributed by atoms with van der Waals surface area (Å²) in [6.07, 6.45) is -0.248. The number of hydrogen-bond acceptors (Lipinski definition) is 1. The molecule has 3 unspecified atom stereocenters. The average molecular weight is 118 g/mol. The molecule has 3 atom stereocenters. The van der Waals surface area contributed by atoms with Crippen LogP contribution >= 0.6 is 0 Å². The third-order valence-corrected chi connectivity index (χ3v) is 1.97. The maximum atomic E-state index is 12.8. The molecule has 1 aliphatic carbocycles. The molecule has 0 heterocycles. The summed E-state index contributed by atoms with van der Waals surface area (Å²) in [5, 5.41) is 8.75. The van der Waals surface area contributed by atoms with Gasteiger partial charge in [0.05, 0.1) is 6.10 Å². The van der Waals surface area contributed by atoms with Crippen LogP contribution < -0.4 is 0 Å². The molecule has 1 saturated carbocycles. The van der Waals surface area contributed by atoms with Crippen LogP contribution in [0.25, 0.3) is 0 Å². The molecule has 0 amide bonds. The molecule has 1 fully saturated rings. The van der Waals surface area contributed by atoms with Crippen LogP contribution in [0.2, 0.25) is 0 Å². The van der Waals surface area contributed by atoms with Crippen LogP contribution in [0.4, 0.5) is 4.39 Å². The standard InChI is InChI=1S/C6H11FO/c1-4-3-6(4,7)5(2)8/h4-5,8H,3H2,1-2H3. The normalized spacial score (nSPS) is 48.8. The largest absolute Gasteiger partial charge is 0.390 e.